The fraction of sp³-hybridized carbons (Fsp3) is 0.300. The number of ether oxygens (including phenoxy) is 2. The summed E-state index contributed by atoms with van der Waals surface area (Å²) in [5.41, 5.74) is 1.26. The minimum absolute atomic E-state index is 0.184. The van der Waals surface area contributed by atoms with Crippen LogP contribution in [0.25, 0.3) is 0 Å². The van der Waals surface area contributed by atoms with E-state index in [1.165, 1.54) is 12.1 Å². The van der Waals surface area contributed by atoms with Gasteiger partial charge in [-0.15, -0.1) is 0 Å². The van der Waals surface area contributed by atoms with Gasteiger partial charge in [0.05, 0.1) is 17.7 Å². The molecule has 0 bridgehead atoms. The minimum atomic E-state index is -0.646. The first-order chi connectivity index (χ1) is 13.5. The molecule has 0 aliphatic carbocycles. The standard InChI is InChI=1S/C20H20Cl2N2O4/c1-27-16-5-3-15(4-6-16)23-8-10-24(11-9-23)19(25)13-28-20(26)17-7-2-14(21)12-18(17)22/h2-7,12H,8-11,13H2,1H3. The van der Waals surface area contributed by atoms with Gasteiger partial charge in [-0.2, -0.15) is 0 Å². The summed E-state index contributed by atoms with van der Waals surface area (Å²) in [5.74, 6) is -0.0696. The SMILES string of the molecule is COc1ccc(N2CCN(C(=O)COC(=O)c3ccc(Cl)cc3Cl)CC2)cc1. The number of benzene rings is 2. The van der Waals surface area contributed by atoms with Gasteiger partial charge in [-0.3, -0.25) is 4.79 Å². The average molecular weight is 423 g/mol. The molecule has 0 saturated carbocycles. The molecular formula is C20H20Cl2N2O4. The number of anilines is 1. The third-order valence-corrected chi connectivity index (χ3v) is 5.10. The topological polar surface area (TPSA) is 59.1 Å². The number of halogens is 2. The van der Waals surface area contributed by atoms with Crippen molar-refractivity contribution < 1.29 is 19.1 Å². The normalized spacial score (nSPS) is 14.0. The van der Waals surface area contributed by atoms with Crippen LogP contribution in [0.4, 0.5) is 5.69 Å². The molecule has 1 amide bonds. The average Bonchev–Trinajstić information content (AvgIpc) is 2.72. The number of carbonyl (C=O) groups is 2. The number of nitrogens with zero attached hydrogens (tertiary/aromatic N) is 2. The fourth-order valence-electron chi connectivity index (χ4n) is 2.96. The van der Waals surface area contributed by atoms with Crippen molar-refractivity contribution in [3.63, 3.8) is 0 Å². The summed E-state index contributed by atoms with van der Waals surface area (Å²) in [7, 11) is 1.63. The van der Waals surface area contributed by atoms with Crippen LogP contribution in [0.15, 0.2) is 42.5 Å². The molecule has 1 aliphatic rings. The van der Waals surface area contributed by atoms with Gasteiger partial charge in [0.25, 0.3) is 5.91 Å². The summed E-state index contributed by atoms with van der Waals surface area (Å²) < 4.78 is 10.3. The molecule has 1 heterocycles. The second-order valence-corrected chi connectivity index (χ2v) is 7.11. The van der Waals surface area contributed by atoms with Crippen LogP contribution in [0.1, 0.15) is 10.4 Å². The third kappa shape index (κ3) is 4.88. The molecular weight excluding hydrogens is 403 g/mol. The maximum absolute atomic E-state index is 12.4. The molecule has 0 N–H and O–H groups in total. The molecule has 0 spiro atoms. The van der Waals surface area contributed by atoms with Gasteiger partial charge in [-0.25, -0.2) is 4.79 Å². The van der Waals surface area contributed by atoms with Crippen molar-refractivity contribution in [2.24, 2.45) is 0 Å². The zero-order valence-electron chi connectivity index (χ0n) is 15.4. The van der Waals surface area contributed by atoms with Gasteiger partial charge in [0.1, 0.15) is 5.75 Å². The van der Waals surface area contributed by atoms with Crippen LogP contribution in [0.3, 0.4) is 0 Å². The Morgan fingerprint density at radius 3 is 2.29 bits per heavy atom. The molecule has 1 aliphatic heterocycles. The van der Waals surface area contributed by atoms with E-state index in [1.807, 2.05) is 24.3 Å². The summed E-state index contributed by atoms with van der Waals surface area (Å²) in [4.78, 5) is 28.4. The molecule has 2 aromatic carbocycles. The Morgan fingerprint density at radius 2 is 1.68 bits per heavy atom. The maximum Gasteiger partial charge on any atom is 0.340 e. The number of hydrogen-bond acceptors (Lipinski definition) is 5. The third-order valence-electron chi connectivity index (χ3n) is 4.55. The van der Waals surface area contributed by atoms with Crippen molar-refractivity contribution in [2.75, 3.05) is 44.8 Å². The summed E-state index contributed by atoms with van der Waals surface area (Å²) in [6.45, 7) is 2.21. The Labute approximate surface area is 173 Å². The number of methoxy groups -OCH3 is 1. The van der Waals surface area contributed by atoms with Crippen LogP contribution in [0.5, 0.6) is 5.75 Å². The lowest BCUT2D eigenvalue weighted by Gasteiger charge is -2.36. The zero-order chi connectivity index (χ0) is 20.1. The van der Waals surface area contributed by atoms with Gasteiger partial charge >= 0.3 is 5.97 Å². The lowest BCUT2D eigenvalue weighted by molar-refractivity contribution is -0.134. The predicted molar refractivity (Wildman–Crippen MR) is 109 cm³/mol. The van der Waals surface area contributed by atoms with E-state index in [1.54, 1.807) is 18.1 Å². The summed E-state index contributed by atoms with van der Waals surface area (Å²) in [5, 5.41) is 0.616. The van der Waals surface area contributed by atoms with Crippen molar-refractivity contribution in [3.05, 3.63) is 58.1 Å². The summed E-state index contributed by atoms with van der Waals surface area (Å²) in [6.07, 6.45) is 0. The van der Waals surface area contributed by atoms with Crippen molar-refractivity contribution >= 4 is 40.8 Å². The Bertz CT molecular complexity index is 850. The first-order valence-electron chi connectivity index (χ1n) is 8.77. The van der Waals surface area contributed by atoms with E-state index in [9.17, 15) is 9.59 Å². The second kappa shape index (κ2) is 9.17. The van der Waals surface area contributed by atoms with Gasteiger partial charge in [0.15, 0.2) is 6.61 Å². The number of carbonyl (C=O) groups excluding carboxylic acids is 2. The van der Waals surface area contributed by atoms with Crippen molar-refractivity contribution in [3.8, 4) is 5.75 Å². The van der Waals surface area contributed by atoms with Crippen LogP contribution in [-0.4, -0.2) is 56.7 Å². The molecule has 0 unspecified atom stereocenters. The molecule has 1 fully saturated rings. The van der Waals surface area contributed by atoms with E-state index in [-0.39, 0.29) is 23.1 Å². The molecule has 3 rings (SSSR count). The summed E-state index contributed by atoms with van der Waals surface area (Å²) >= 11 is 11.8. The first-order valence-corrected chi connectivity index (χ1v) is 9.52. The van der Waals surface area contributed by atoms with Crippen molar-refractivity contribution in [1.82, 2.24) is 4.90 Å². The largest absolute Gasteiger partial charge is 0.497 e. The molecule has 148 valence electrons. The molecule has 0 aromatic heterocycles. The van der Waals surface area contributed by atoms with Crippen LogP contribution >= 0.6 is 23.2 Å². The highest BCUT2D eigenvalue weighted by atomic mass is 35.5. The molecule has 0 radical (unpaired) electrons. The molecule has 28 heavy (non-hydrogen) atoms. The van der Waals surface area contributed by atoms with Crippen LogP contribution in [-0.2, 0) is 9.53 Å². The number of hydrogen-bond donors (Lipinski definition) is 0. The van der Waals surface area contributed by atoms with E-state index < -0.39 is 5.97 Å². The van der Waals surface area contributed by atoms with Gasteiger partial charge in [-0.1, -0.05) is 23.2 Å². The Kier molecular flexibility index (Phi) is 6.65. The molecule has 6 nitrogen and oxygen atoms in total. The van der Waals surface area contributed by atoms with E-state index in [0.717, 1.165) is 11.4 Å². The highest BCUT2D eigenvalue weighted by Gasteiger charge is 2.23. The van der Waals surface area contributed by atoms with E-state index >= 15 is 0 Å². The highest BCUT2D eigenvalue weighted by molar-refractivity contribution is 6.36. The van der Waals surface area contributed by atoms with Crippen molar-refractivity contribution in [2.45, 2.75) is 0 Å². The molecule has 1 saturated heterocycles. The number of amides is 1. The van der Waals surface area contributed by atoms with Gasteiger partial charge in [0, 0.05) is 36.9 Å². The predicted octanol–water partition coefficient (Wildman–Crippen LogP) is 3.51. The van der Waals surface area contributed by atoms with E-state index in [4.69, 9.17) is 32.7 Å². The van der Waals surface area contributed by atoms with Gasteiger partial charge < -0.3 is 19.3 Å². The quantitative estimate of drug-likeness (QED) is 0.689. The Balaban J connectivity index is 1.49. The van der Waals surface area contributed by atoms with E-state index in [2.05, 4.69) is 4.90 Å². The molecule has 2 aromatic rings. The lowest BCUT2D eigenvalue weighted by Crippen LogP contribution is -2.49. The second-order valence-electron chi connectivity index (χ2n) is 6.27. The zero-order valence-corrected chi connectivity index (χ0v) is 16.9. The lowest BCUT2D eigenvalue weighted by atomic mass is 10.2. The Hall–Kier alpha value is -2.44. The van der Waals surface area contributed by atoms with Gasteiger partial charge in [0.2, 0.25) is 0 Å². The monoisotopic (exact) mass is 422 g/mol. The smallest absolute Gasteiger partial charge is 0.340 e. The Morgan fingerprint density at radius 1 is 1.00 bits per heavy atom. The highest BCUT2D eigenvalue weighted by Crippen LogP contribution is 2.22. The van der Waals surface area contributed by atoms with Crippen molar-refractivity contribution in [1.29, 1.82) is 0 Å². The van der Waals surface area contributed by atoms with E-state index in [0.29, 0.717) is 31.2 Å². The summed E-state index contributed by atoms with van der Waals surface area (Å²) in [6, 6.07) is 12.3. The molecule has 0 atom stereocenters. The maximum atomic E-state index is 12.4. The van der Waals surface area contributed by atoms with Crippen LogP contribution in [0.2, 0.25) is 10.0 Å². The number of esters is 1. The number of rotatable bonds is 5. The number of piperazine rings is 1. The molecule has 8 heteroatoms. The fourth-order valence-corrected chi connectivity index (χ4v) is 3.44. The van der Waals surface area contributed by atoms with Gasteiger partial charge in [-0.05, 0) is 42.5 Å². The van der Waals surface area contributed by atoms with Crippen LogP contribution < -0.4 is 9.64 Å². The first kappa shape index (κ1) is 20.3. The van der Waals surface area contributed by atoms with Crippen LogP contribution in [0, 0.1) is 0 Å². The minimum Gasteiger partial charge on any atom is -0.497 e.